The van der Waals surface area contributed by atoms with E-state index in [1.165, 1.54) is 11.1 Å². The maximum Gasteiger partial charge on any atom is 0.245 e. The van der Waals surface area contributed by atoms with Gasteiger partial charge in [-0.25, -0.2) is 0 Å². The average Bonchev–Trinajstić information content (AvgIpc) is 3.40. The molecule has 1 aliphatic carbocycles. The van der Waals surface area contributed by atoms with E-state index < -0.39 is 11.6 Å². The number of carbonyl (C=O) groups is 2. The van der Waals surface area contributed by atoms with E-state index in [9.17, 15) is 9.59 Å². The van der Waals surface area contributed by atoms with Gasteiger partial charge in [-0.1, -0.05) is 54.6 Å². The molecule has 0 saturated carbocycles. The van der Waals surface area contributed by atoms with E-state index in [0.29, 0.717) is 19.5 Å². The first-order valence-electron chi connectivity index (χ1n) is 12.0. The second-order valence-electron chi connectivity index (χ2n) is 10.2. The number of aromatic amines is 1. The van der Waals surface area contributed by atoms with Crippen LogP contribution < -0.4 is 11.1 Å². The molecule has 6 heteroatoms. The summed E-state index contributed by atoms with van der Waals surface area (Å²) in [7, 11) is 0. The summed E-state index contributed by atoms with van der Waals surface area (Å²) < 4.78 is 0. The van der Waals surface area contributed by atoms with Crippen molar-refractivity contribution < 1.29 is 9.59 Å². The van der Waals surface area contributed by atoms with Crippen LogP contribution in [-0.4, -0.2) is 46.4 Å². The summed E-state index contributed by atoms with van der Waals surface area (Å²) in [5, 5.41) is 4.01. The number of allylic oxidation sites excluding steroid dienone is 1. The zero-order valence-electron chi connectivity index (χ0n) is 19.8. The Kier molecular flexibility index (Phi) is 5.56. The fourth-order valence-electron chi connectivity index (χ4n) is 5.28. The van der Waals surface area contributed by atoms with Gasteiger partial charge in [0, 0.05) is 42.0 Å². The van der Waals surface area contributed by atoms with E-state index >= 15 is 0 Å². The number of piperidine rings is 1. The van der Waals surface area contributed by atoms with Gasteiger partial charge < -0.3 is 20.9 Å². The molecular formula is C28H32N4O2. The number of carbonyl (C=O) groups excluding carboxylic acids is 2. The Balaban J connectivity index is 1.35. The van der Waals surface area contributed by atoms with Crippen LogP contribution in [-0.2, 0) is 21.4 Å². The monoisotopic (exact) mass is 456 g/mol. The average molecular weight is 457 g/mol. The van der Waals surface area contributed by atoms with Gasteiger partial charge in [0.1, 0.15) is 6.04 Å². The van der Waals surface area contributed by atoms with Gasteiger partial charge in [-0.3, -0.25) is 9.59 Å². The molecule has 3 aromatic rings. The molecule has 1 fully saturated rings. The lowest BCUT2D eigenvalue weighted by molar-refractivity contribution is -0.138. The highest BCUT2D eigenvalue weighted by atomic mass is 16.2. The molecule has 2 amide bonds. The molecule has 2 aliphatic rings. The Morgan fingerprint density at radius 3 is 2.59 bits per heavy atom. The smallest absolute Gasteiger partial charge is 0.245 e. The van der Waals surface area contributed by atoms with Gasteiger partial charge in [0.2, 0.25) is 11.8 Å². The van der Waals surface area contributed by atoms with Gasteiger partial charge in [-0.2, -0.15) is 0 Å². The number of likely N-dealkylation sites (tertiary alicyclic amines) is 1. The Morgan fingerprint density at radius 2 is 1.82 bits per heavy atom. The number of amides is 2. The van der Waals surface area contributed by atoms with Crippen molar-refractivity contribution in [3.8, 4) is 0 Å². The Morgan fingerprint density at radius 1 is 1.12 bits per heavy atom. The third-order valence-electron chi connectivity index (χ3n) is 7.33. The van der Waals surface area contributed by atoms with Crippen molar-refractivity contribution in [1.29, 1.82) is 0 Å². The van der Waals surface area contributed by atoms with Crippen LogP contribution in [0.1, 0.15) is 43.4 Å². The summed E-state index contributed by atoms with van der Waals surface area (Å²) in [4.78, 5) is 31.7. The lowest BCUT2D eigenvalue weighted by Crippen LogP contribution is -2.58. The molecule has 6 nitrogen and oxygen atoms in total. The molecule has 0 radical (unpaired) electrons. The Bertz CT molecular complexity index is 1260. The number of hydrogen-bond donors (Lipinski definition) is 3. The minimum atomic E-state index is -1.07. The number of H-pyrrole nitrogens is 1. The predicted molar refractivity (Wildman–Crippen MR) is 135 cm³/mol. The Labute approximate surface area is 200 Å². The molecule has 2 heterocycles. The van der Waals surface area contributed by atoms with Gasteiger partial charge in [-0.05, 0) is 49.4 Å². The number of nitrogens with one attached hydrogen (secondary N) is 2. The molecule has 34 heavy (non-hydrogen) atoms. The van der Waals surface area contributed by atoms with Crippen molar-refractivity contribution in [2.45, 2.75) is 50.1 Å². The molecule has 2 aromatic carbocycles. The number of aromatic nitrogens is 1. The zero-order chi connectivity index (χ0) is 23.9. The molecule has 176 valence electrons. The normalized spacial score (nSPS) is 17.7. The topological polar surface area (TPSA) is 91.2 Å². The maximum atomic E-state index is 13.7. The van der Waals surface area contributed by atoms with Crippen LogP contribution in [0.5, 0.6) is 0 Å². The van der Waals surface area contributed by atoms with Gasteiger partial charge in [0.15, 0.2) is 0 Å². The van der Waals surface area contributed by atoms with Crippen molar-refractivity contribution in [3.63, 3.8) is 0 Å². The van der Waals surface area contributed by atoms with Crippen LogP contribution in [0.2, 0.25) is 0 Å². The first kappa shape index (κ1) is 22.4. The number of hydrogen-bond acceptors (Lipinski definition) is 3. The van der Waals surface area contributed by atoms with Gasteiger partial charge in [0.25, 0.3) is 0 Å². The van der Waals surface area contributed by atoms with E-state index in [1.807, 2.05) is 35.4 Å². The first-order chi connectivity index (χ1) is 16.3. The largest absolute Gasteiger partial charge is 0.361 e. The number of fused-ring (bicyclic) bond motifs is 3. The third kappa shape index (κ3) is 4.03. The second kappa shape index (κ2) is 8.44. The predicted octanol–water partition coefficient (Wildman–Crippen LogP) is 3.52. The van der Waals surface area contributed by atoms with Crippen LogP contribution in [0.4, 0.5) is 0 Å². The highest BCUT2D eigenvalue weighted by molar-refractivity contribution is 5.92. The van der Waals surface area contributed by atoms with E-state index in [2.05, 4.69) is 46.7 Å². The van der Waals surface area contributed by atoms with E-state index in [1.54, 1.807) is 13.8 Å². The summed E-state index contributed by atoms with van der Waals surface area (Å²) in [5.41, 5.74) is 9.63. The summed E-state index contributed by atoms with van der Waals surface area (Å²) in [6.07, 6.45) is 8.60. The summed E-state index contributed by atoms with van der Waals surface area (Å²) in [5.74, 6) is -0.375. The standard InChI is InChI=1S/C28H32N4O2/c1-27(2,29)26(34)31-24(17-20-18-30-23-10-6-4-8-21(20)23)25(33)32-15-13-28(14-16-32)12-11-19-7-3-5-9-22(19)28/h3-12,18,24,30H,13-17,29H2,1-2H3,(H,31,34)/t24-/m1/s1. The molecule has 1 aromatic heterocycles. The van der Waals surface area contributed by atoms with Crippen LogP contribution >= 0.6 is 0 Å². The molecular weight excluding hydrogens is 424 g/mol. The number of benzene rings is 2. The third-order valence-corrected chi connectivity index (χ3v) is 7.33. The van der Waals surface area contributed by atoms with E-state index in [-0.39, 0.29) is 17.2 Å². The number of rotatable bonds is 5. The molecule has 4 N–H and O–H groups in total. The van der Waals surface area contributed by atoms with Gasteiger partial charge in [0.05, 0.1) is 5.54 Å². The molecule has 1 saturated heterocycles. The van der Waals surface area contributed by atoms with Crippen LogP contribution in [0, 0.1) is 0 Å². The fourth-order valence-corrected chi connectivity index (χ4v) is 5.28. The highest BCUT2D eigenvalue weighted by Crippen LogP contribution is 2.43. The lowest BCUT2D eigenvalue weighted by Gasteiger charge is -2.40. The SMILES string of the molecule is CC(C)(N)C(=O)N[C@H](Cc1c[nH]c2ccccc12)C(=O)N1CCC2(C=Cc3ccccc32)CC1. The van der Waals surface area contributed by atoms with Crippen LogP contribution in [0.15, 0.2) is 60.8 Å². The number of para-hydroxylation sites is 1. The second-order valence-corrected chi connectivity index (χ2v) is 10.2. The number of nitrogens with zero attached hydrogens (tertiary/aromatic N) is 1. The highest BCUT2D eigenvalue weighted by Gasteiger charge is 2.40. The fraction of sp³-hybridized carbons (Fsp3) is 0.357. The molecule has 1 atom stereocenters. The van der Waals surface area contributed by atoms with Crippen LogP contribution in [0.25, 0.3) is 17.0 Å². The first-order valence-corrected chi connectivity index (χ1v) is 12.0. The molecule has 1 spiro atoms. The van der Waals surface area contributed by atoms with Crippen molar-refractivity contribution in [1.82, 2.24) is 15.2 Å². The van der Waals surface area contributed by atoms with Crippen molar-refractivity contribution in [3.05, 3.63) is 77.5 Å². The van der Waals surface area contributed by atoms with Crippen LogP contribution in [0.3, 0.4) is 0 Å². The molecule has 0 bridgehead atoms. The zero-order valence-corrected chi connectivity index (χ0v) is 19.8. The summed E-state index contributed by atoms with van der Waals surface area (Å²) >= 11 is 0. The summed E-state index contributed by atoms with van der Waals surface area (Å²) in [6.45, 7) is 4.63. The number of nitrogens with two attached hydrogens (primary N) is 1. The van der Waals surface area contributed by atoms with E-state index in [4.69, 9.17) is 5.73 Å². The minimum absolute atomic E-state index is 0.00219. The van der Waals surface area contributed by atoms with Crippen molar-refractivity contribution in [2.75, 3.05) is 13.1 Å². The van der Waals surface area contributed by atoms with Crippen molar-refractivity contribution >= 4 is 28.8 Å². The molecule has 5 rings (SSSR count). The lowest BCUT2D eigenvalue weighted by atomic mass is 9.74. The van der Waals surface area contributed by atoms with E-state index in [0.717, 1.165) is 29.3 Å². The van der Waals surface area contributed by atoms with Gasteiger partial charge >= 0.3 is 0 Å². The maximum absolute atomic E-state index is 13.7. The summed E-state index contributed by atoms with van der Waals surface area (Å²) in [6, 6.07) is 15.8. The van der Waals surface area contributed by atoms with Crippen molar-refractivity contribution in [2.24, 2.45) is 5.73 Å². The van der Waals surface area contributed by atoms with Gasteiger partial charge in [-0.15, -0.1) is 0 Å². The molecule has 1 aliphatic heterocycles. The minimum Gasteiger partial charge on any atom is -0.361 e. The quantitative estimate of drug-likeness (QED) is 0.549. The Hall–Kier alpha value is -3.38. The molecule has 0 unspecified atom stereocenters.